The van der Waals surface area contributed by atoms with Crippen molar-refractivity contribution in [2.75, 3.05) is 0 Å². The molecule has 0 aromatic heterocycles. The Morgan fingerprint density at radius 1 is 1.36 bits per heavy atom. The van der Waals surface area contributed by atoms with Crippen molar-refractivity contribution in [1.82, 2.24) is 0 Å². The fraction of sp³-hybridized carbons (Fsp3) is 0.889. The van der Waals surface area contributed by atoms with Crippen molar-refractivity contribution in [2.45, 2.75) is 44.6 Å². The van der Waals surface area contributed by atoms with Crippen LogP contribution in [0.4, 0.5) is 0 Å². The molecule has 0 radical (unpaired) electrons. The fourth-order valence-corrected chi connectivity index (χ4v) is 1.81. The van der Waals surface area contributed by atoms with Gasteiger partial charge in [-0.3, -0.25) is 0 Å². The van der Waals surface area contributed by atoms with Crippen LogP contribution in [-0.2, 0) is 4.79 Å². The Balaban J connectivity index is 2.26. The fourth-order valence-electron chi connectivity index (χ4n) is 1.81. The minimum absolute atomic E-state index is 0.324. The number of hydrogen-bond acceptors (Lipinski definition) is 2. The number of hydrogen-bond donors (Lipinski definition) is 1. The first kappa shape index (κ1) is 8.72. The van der Waals surface area contributed by atoms with Crippen LogP contribution in [0.3, 0.4) is 0 Å². The maximum Gasteiger partial charge on any atom is 0.122 e. The average Bonchev–Trinajstić information content (AvgIpc) is 2.07. The van der Waals surface area contributed by atoms with E-state index < -0.39 is 0 Å². The highest BCUT2D eigenvalue weighted by molar-refractivity contribution is 5.50. The van der Waals surface area contributed by atoms with Gasteiger partial charge in [0, 0.05) is 6.42 Å². The second-order valence-electron chi connectivity index (χ2n) is 3.37. The molecular formula is C9H16O2. The van der Waals surface area contributed by atoms with Crippen molar-refractivity contribution in [3.8, 4) is 0 Å². The van der Waals surface area contributed by atoms with Gasteiger partial charge in [-0.2, -0.15) is 0 Å². The molecule has 0 heterocycles. The summed E-state index contributed by atoms with van der Waals surface area (Å²) in [4.78, 5) is 10.1. The van der Waals surface area contributed by atoms with Crippen LogP contribution >= 0.6 is 0 Å². The van der Waals surface area contributed by atoms with E-state index >= 15 is 0 Å². The molecule has 2 heteroatoms. The number of rotatable bonds is 3. The Hall–Kier alpha value is -0.370. The monoisotopic (exact) mass is 156 g/mol. The van der Waals surface area contributed by atoms with Crippen LogP contribution in [0.25, 0.3) is 0 Å². The highest BCUT2D eigenvalue weighted by atomic mass is 16.3. The van der Waals surface area contributed by atoms with Crippen LogP contribution in [0.15, 0.2) is 0 Å². The molecule has 1 aliphatic rings. The summed E-state index contributed by atoms with van der Waals surface area (Å²) in [6.45, 7) is 0. The SMILES string of the molecule is O=CC[C@H](O)C1CCCCC1. The van der Waals surface area contributed by atoms with Gasteiger partial charge in [0.15, 0.2) is 0 Å². The van der Waals surface area contributed by atoms with Crippen molar-refractivity contribution < 1.29 is 9.90 Å². The van der Waals surface area contributed by atoms with Gasteiger partial charge in [0.1, 0.15) is 6.29 Å². The molecule has 0 bridgehead atoms. The summed E-state index contributed by atoms with van der Waals surface area (Å²) < 4.78 is 0. The standard InChI is InChI=1S/C9H16O2/c10-7-6-9(11)8-4-2-1-3-5-8/h7-9,11H,1-6H2/t9-/m0/s1. The predicted molar refractivity (Wildman–Crippen MR) is 43.3 cm³/mol. The molecule has 0 unspecified atom stereocenters. The summed E-state index contributed by atoms with van der Waals surface area (Å²) in [7, 11) is 0. The Morgan fingerprint density at radius 3 is 2.55 bits per heavy atom. The molecule has 11 heavy (non-hydrogen) atoms. The molecule has 0 saturated heterocycles. The molecule has 64 valence electrons. The van der Waals surface area contributed by atoms with Crippen molar-refractivity contribution in [2.24, 2.45) is 5.92 Å². The number of aliphatic hydroxyl groups excluding tert-OH is 1. The normalized spacial score (nSPS) is 23.0. The third kappa shape index (κ3) is 2.62. The molecule has 1 atom stereocenters. The first-order valence-electron chi connectivity index (χ1n) is 4.46. The molecule has 0 aromatic carbocycles. The van der Waals surface area contributed by atoms with Gasteiger partial charge >= 0.3 is 0 Å². The van der Waals surface area contributed by atoms with Gasteiger partial charge in [0.05, 0.1) is 6.10 Å². The highest BCUT2D eigenvalue weighted by Crippen LogP contribution is 2.27. The number of carbonyl (C=O) groups excluding carboxylic acids is 1. The van der Waals surface area contributed by atoms with Crippen LogP contribution in [0.5, 0.6) is 0 Å². The van der Waals surface area contributed by atoms with E-state index in [9.17, 15) is 9.90 Å². The van der Waals surface area contributed by atoms with Crippen molar-refractivity contribution >= 4 is 6.29 Å². The molecule has 1 N–H and O–H groups in total. The lowest BCUT2D eigenvalue weighted by Crippen LogP contribution is -2.22. The van der Waals surface area contributed by atoms with Crippen molar-refractivity contribution in [1.29, 1.82) is 0 Å². The van der Waals surface area contributed by atoms with Gasteiger partial charge in [0.25, 0.3) is 0 Å². The van der Waals surface area contributed by atoms with Crippen LogP contribution in [0, 0.1) is 5.92 Å². The zero-order valence-corrected chi connectivity index (χ0v) is 6.83. The van der Waals surface area contributed by atoms with E-state index in [0.717, 1.165) is 19.1 Å². The predicted octanol–water partition coefficient (Wildman–Crippen LogP) is 1.52. The van der Waals surface area contributed by atoms with E-state index in [1.54, 1.807) is 0 Å². The first-order chi connectivity index (χ1) is 5.34. The molecule has 1 aliphatic carbocycles. The quantitative estimate of drug-likeness (QED) is 0.629. The Bertz CT molecular complexity index is 117. The first-order valence-corrected chi connectivity index (χ1v) is 4.46. The van der Waals surface area contributed by atoms with Gasteiger partial charge in [-0.15, -0.1) is 0 Å². The summed E-state index contributed by atoms with van der Waals surface area (Å²) >= 11 is 0. The van der Waals surface area contributed by atoms with Crippen LogP contribution < -0.4 is 0 Å². The third-order valence-corrected chi connectivity index (χ3v) is 2.53. The largest absolute Gasteiger partial charge is 0.392 e. The van der Waals surface area contributed by atoms with E-state index in [1.807, 2.05) is 0 Å². The Kier molecular flexibility index (Phi) is 3.57. The lowest BCUT2D eigenvalue weighted by Gasteiger charge is -2.25. The summed E-state index contributed by atoms with van der Waals surface area (Å²) in [5, 5.41) is 9.44. The smallest absolute Gasteiger partial charge is 0.122 e. The molecule has 0 amide bonds. The molecule has 1 fully saturated rings. The summed E-state index contributed by atoms with van der Waals surface area (Å²) in [6, 6.07) is 0. The molecule has 1 rings (SSSR count). The van der Waals surface area contributed by atoms with Crippen LogP contribution in [-0.4, -0.2) is 17.5 Å². The minimum Gasteiger partial charge on any atom is -0.392 e. The molecular weight excluding hydrogens is 140 g/mol. The maximum atomic E-state index is 10.1. The summed E-state index contributed by atoms with van der Waals surface area (Å²) in [5.41, 5.74) is 0. The van der Waals surface area contributed by atoms with Crippen LogP contribution in [0.2, 0.25) is 0 Å². The summed E-state index contributed by atoms with van der Waals surface area (Å²) in [6.07, 6.45) is 6.73. The second-order valence-corrected chi connectivity index (χ2v) is 3.37. The molecule has 0 aromatic rings. The van der Waals surface area contributed by atoms with E-state index in [-0.39, 0.29) is 6.10 Å². The van der Waals surface area contributed by atoms with Gasteiger partial charge in [0.2, 0.25) is 0 Å². The molecule has 1 saturated carbocycles. The Morgan fingerprint density at radius 2 is 2.00 bits per heavy atom. The van der Waals surface area contributed by atoms with E-state index in [0.29, 0.717) is 12.3 Å². The van der Waals surface area contributed by atoms with Gasteiger partial charge < -0.3 is 9.90 Å². The lowest BCUT2D eigenvalue weighted by molar-refractivity contribution is -0.110. The Labute approximate surface area is 67.6 Å². The van der Waals surface area contributed by atoms with Gasteiger partial charge in [-0.25, -0.2) is 0 Å². The van der Waals surface area contributed by atoms with Crippen LogP contribution in [0.1, 0.15) is 38.5 Å². The van der Waals surface area contributed by atoms with E-state index in [4.69, 9.17) is 0 Å². The topological polar surface area (TPSA) is 37.3 Å². The molecule has 0 aliphatic heterocycles. The zero-order chi connectivity index (χ0) is 8.10. The van der Waals surface area contributed by atoms with Crippen molar-refractivity contribution in [3.05, 3.63) is 0 Å². The minimum atomic E-state index is -0.368. The van der Waals surface area contributed by atoms with Gasteiger partial charge in [-0.1, -0.05) is 19.3 Å². The average molecular weight is 156 g/mol. The van der Waals surface area contributed by atoms with Gasteiger partial charge in [-0.05, 0) is 18.8 Å². The summed E-state index contributed by atoms with van der Waals surface area (Å²) in [5.74, 6) is 0.397. The maximum absolute atomic E-state index is 10.1. The second kappa shape index (κ2) is 4.50. The van der Waals surface area contributed by atoms with E-state index in [2.05, 4.69) is 0 Å². The van der Waals surface area contributed by atoms with E-state index in [1.165, 1.54) is 19.3 Å². The molecule has 0 spiro atoms. The number of aliphatic hydroxyl groups is 1. The lowest BCUT2D eigenvalue weighted by atomic mass is 9.84. The zero-order valence-electron chi connectivity index (χ0n) is 6.83. The third-order valence-electron chi connectivity index (χ3n) is 2.53. The van der Waals surface area contributed by atoms with Crippen molar-refractivity contribution in [3.63, 3.8) is 0 Å². The molecule has 2 nitrogen and oxygen atoms in total. The highest BCUT2D eigenvalue weighted by Gasteiger charge is 2.20. The number of aldehydes is 1. The number of carbonyl (C=O) groups is 1.